The minimum atomic E-state index is 0.419. The number of aromatic amines is 1. The minimum absolute atomic E-state index is 0.419. The Balaban J connectivity index is 1.34. The van der Waals surface area contributed by atoms with Crippen molar-refractivity contribution in [3.63, 3.8) is 0 Å². The summed E-state index contributed by atoms with van der Waals surface area (Å²) >= 11 is 0. The van der Waals surface area contributed by atoms with Gasteiger partial charge in [0, 0.05) is 54.5 Å². The molecule has 2 aliphatic rings. The van der Waals surface area contributed by atoms with Crippen LogP contribution in [0.3, 0.4) is 0 Å². The summed E-state index contributed by atoms with van der Waals surface area (Å²) in [7, 11) is 0. The Morgan fingerprint density at radius 3 is 2.80 bits per heavy atom. The number of aromatic nitrogens is 4. The molecule has 0 aliphatic heterocycles. The van der Waals surface area contributed by atoms with E-state index in [1.165, 1.54) is 6.42 Å². The van der Waals surface area contributed by atoms with Crippen molar-refractivity contribution in [1.29, 1.82) is 5.26 Å². The highest BCUT2D eigenvalue weighted by Crippen LogP contribution is 2.46. The molecule has 8 heteroatoms. The Kier molecular flexibility index (Phi) is 4.97. The van der Waals surface area contributed by atoms with E-state index in [4.69, 9.17) is 10.2 Å². The predicted octanol–water partition coefficient (Wildman–Crippen LogP) is 3.49. The first-order valence-electron chi connectivity index (χ1n) is 10.6. The number of fused-ring (bicyclic) bond motifs is 3. The molecule has 0 amide bonds. The van der Waals surface area contributed by atoms with Crippen LogP contribution in [0.2, 0.25) is 0 Å². The fraction of sp³-hybridized carbons (Fsp3) is 0.455. The fourth-order valence-electron chi connectivity index (χ4n) is 5.05. The second-order valence-electron chi connectivity index (χ2n) is 8.43. The summed E-state index contributed by atoms with van der Waals surface area (Å²) in [4.78, 5) is 9.41. The van der Waals surface area contributed by atoms with Crippen molar-refractivity contribution in [1.82, 2.24) is 25.5 Å². The number of nitrogens with zero attached hydrogens (tertiary/aromatic N) is 4. The Hall–Kier alpha value is -3.18. The van der Waals surface area contributed by atoms with Crippen LogP contribution >= 0.6 is 0 Å². The summed E-state index contributed by atoms with van der Waals surface area (Å²) in [5.74, 6) is 3.65. The molecular weight excluding hydrogens is 376 g/mol. The van der Waals surface area contributed by atoms with Crippen molar-refractivity contribution in [2.75, 3.05) is 17.2 Å². The summed E-state index contributed by atoms with van der Waals surface area (Å²) in [6, 6.07) is 11.1. The van der Waals surface area contributed by atoms with Crippen molar-refractivity contribution in [2.45, 2.75) is 44.7 Å². The molecule has 2 saturated carbocycles. The second kappa shape index (κ2) is 7.92. The Morgan fingerprint density at radius 2 is 2.03 bits per heavy atom. The number of nitrogens with one attached hydrogen (secondary N) is 4. The lowest BCUT2D eigenvalue weighted by Crippen LogP contribution is -2.39. The average Bonchev–Trinajstić information content (AvgIpc) is 3.44. The molecule has 2 bridgehead atoms. The lowest BCUT2D eigenvalue weighted by atomic mass is 9.91. The van der Waals surface area contributed by atoms with Gasteiger partial charge in [-0.3, -0.25) is 10.1 Å². The molecule has 4 atom stereocenters. The Bertz CT molecular complexity index is 1080. The number of H-pyrrole nitrogens is 1. The predicted molar refractivity (Wildman–Crippen MR) is 116 cm³/mol. The molecule has 154 valence electrons. The molecule has 30 heavy (non-hydrogen) atoms. The molecule has 3 heterocycles. The monoisotopic (exact) mass is 402 g/mol. The van der Waals surface area contributed by atoms with Gasteiger partial charge in [0.1, 0.15) is 11.6 Å². The quantitative estimate of drug-likeness (QED) is 0.447. The van der Waals surface area contributed by atoms with Gasteiger partial charge in [0.05, 0.1) is 11.6 Å². The number of hydrogen-bond acceptors (Lipinski definition) is 7. The van der Waals surface area contributed by atoms with Gasteiger partial charge < -0.3 is 16.0 Å². The zero-order valence-electron chi connectivity index (χ0n) is 17.0. The van der Waals surface area contributed by atoms with Gasteiger partial charge in [0.15, 0.2) is 5.82 Å². The summed E-state index contributed by atoms with van der Waals surface area (Å²) < 4.78 is 0. The molecule has 4 unspecified atom stereocenters. The number of anilines is 3. The van der Waals surface area contributed by atoms with Crippen LogP contribution in [0.25, 0.3) is 10.9 Å². The highest BCUT2D eigenvalue weighted by atomic mass is 15.2. The molecule has 2 aliphatic carbocycles. The lowest BCUT2D eigenvalue weighted by Gasteiger charge is -2.30. The van der Waals surface area contributed by atoms with E-state index >= 15 is 0 Å². The number of hydrogen-bond donors (Lipinski definition) is 4. The molecule has 4 N–H and O–H groups in total. The van der Waals surface area contributed by atoms with E-state index in [1.54, 1.807) is 0 Å². The minimum Gasteiger partial charge on any atom is -0.366 e. The highest BCUT2D eigenvalue weighted by Gasteiger charge is 2.45. The van der Waals surface area contributed by atoms with Crippen molar-refractivity contribution in [3.05, 3.63) is 36.2 Å². The van der Waals surface area contributed by atoms with E-state index in [-0.39, 0.29) is 0 Å². The van der Waals surface area contributed by atoms with Gasteiger partial charge in [-0.05, 0) is 50.2 Å². The number of nitriles is 1. The average molecular weight is 403 g/mol. The van der Waals surface area contributed by atoms with Crippen LogP contribution < -0.4 is 16.0 Å². The summed E-state index contributed by atoms with van der Waals surface area (Å²) in [5, 5.41) is 27.6. The van der Waals surface area contributed by atoms with Gasteiger partial charge in [0.25, 0.3) is 0 Å². The van der Waals surface area contributed by atoms with E-state index in [9.17, 15) is 0 Å². The van der Waals surface area contributed by atoms with Gasteiger partial charge in [-0.2, -0.15) is 10.4 Å². The van der Waals surface area contributed by atoms with Gasteiger partial charge in [-0.25, -0.2) is 4.98 Å². The van der Waals surface area contributed by atoms with Crippen molar-refractivity contribution < 1.29 is 0 Å². The first kappa shape index (κ1) is 18.8. The van der Waals surface area contributed by atoms with Gasteiger partial charge in [0.2, 0.25) is 0 Å². The third kappa shape index (κ3) is 3.68. The third-order valence-corrected chi connectivity index (χ3v) is 6.38. The molecule has 2 fully saturated rings. The summed E-state index contributed by atoms with van der Waals surface area (Å²) in [6.45, 7) is 2.76. The zero-order chi connectivity index (χ0) is 20.5. The number of aryl methyl sites for hydroxylation is 1. The summed E-state index contributed by atoms with van der Waals surface area (Å²) in [5.41, 5.74) is 1.90. The molecule has 5 rings (SSSR count). The second-order valence-corrected chi connectivity index (χ2v) is 8.43. The maximum Gasteiger partial charge on any atom is 0.153 e. The molecule has 0 radical (unpaired) electrons. The largest absolute Gasteiger partial charge is 0.366 e. The smallest absolute Gasteiger partial charge is 0.153 e. The molecule has 0 spiro atoms. The molecule has 8 nitrogen and oxygen atoms in total. The third-order valence-electron chi connectivity index (χ3n) is 6.38. The summed E-state index contributed by atoms with van der Waals surface area (Å²) in [6.07, 6.45) is 5.92. The molecule has 3 aromatic heterocycles. The molecule has 0 aromatic carbocycles. The first-order valence-corrected chi connectivity index (χ1v) is 10.6. The first-order chi connectivity index (χ1) is 14.7. The van der Waals surface area contributed by atoms with Crippen LogP contribution in [-0.2, 0) is 0 Å². The van der Waals surface area contributed by atoms with Gasteiger partial charge >= 0.3 is 0 Å². The molecular formula is C22H26N8. The highest BCUT2D eigenvalue weighted by molar-refractivity contribution is 5.91. The van der Waals surface area contributed by atoms with Crippen molar-refractivity contribution >= 4 is 28.4 Å². The van der Waals surface area contributed by atoms with E-state index in [0.29, 0.717) is 30.3 Å². The SMILES string of the molecule is Cc1cc(Nc2cc3ncccc3c(NC3CC4CC3CC4NCCC#N)n2)n[nH]1. The van der Waals surface area contributed by atoms with Crippen LogP contribution in [0.1, 0.15) is 31.4 Å². The molecule has 3 aromatic rings. The van der Waals surface area contributed by atoms with E-state index in [1.807, 2.05) is 31.3 Å². The lowest BCUT2D eigenvalue weighted by molar-refractivity contribution is 0.337. The van der Waals surface area contributed by atoms with E-state index in [2.05, 4.69) is 43.3 Å². The van der Waals surface area contributed by atoms with Crippen molar-refractivity contribution in [3.8, 4) is 6.07 Å². The van der Waals surface area contributed by atoms with Crippen molar-refractivity contribution in [2.24, 2.45) is 11.8 Å². The molecule has 0 saturated heterocycles. The standard InChI is InChI=1S/C22H26N8/c1-13-8-21(30-29-13)27-20-12-19-16(4-2-6-25-19)22(28-20)26-18-11-14-9-15(18)10-17(14)24-7-3-5-23/h2,4,6,8,12,14-15,17-18,24H,3,7,9-11H2,1H3,(H3,26,27,28,29,30). The zero-order valence-corrected chi connectivity index (χ0v) is 17.0. The Labute approximate surface area is 175 Å². The van der Waals surface area contributed by atoms with Crippen LogP contribution in [0, 0.1) is 30.1 Å². The van der Waals surface area contributed by atoms with Crippen LogP contribution in [0.5, 0.6) is 0 Å². The number of rotatable bonds is 7. The van der Waals surface area contributed by atoms with Crippen LogP contribution in [0.4, 0.5) is 17.5 Å². The van der Waals surface area contributed by atoms with E-state index in [0.717, 1.165) is 53.4 Å². The van der Waals surface area contributed by atoms with Gasteiger partial charge in [-0.1, -0.05) is 0 Å². The maximum absolute atomic E-state index is 8.76. The Morgan fingerprint density at radius 1 is 1.17 bits per heavy atom. The van der Waals surface area contributed by atoms with E-state index < -0.39 is 0 Å². The maximum atomic E-state index is 8.76. The van der Waals surface area contributed by atoms with Crippen LogP contribution in [0.15, 0.2) is 30.5 Å². The fourth-order valence-corrected chi connectivity index (χ4v) is 5.05. The van der Waals surface area contributed by atoms with Crippen LogP contribution in [-0.4, -0.2) is 38.8 Å². The topological polar surface area (TPSA) is 114 Å². The number of pyridine rings is 2. The van der Waals surface area contributed by atoms with Gasteiger partial charge in [-0.15, -0.1) is 0 Å². The normalized spacial score (nSPS) is 24.8.